The van der Waals surface area contributed by atoms with Crippen LogP contribution in [0.5, 0.6) is 0 Å². The van der Waals surface area contributed by atoms with Gasteiger partial charge in [0, 0.05) is 6.07 Å². The third-order valence-corrected chi connectivity index (χ3v) is 2.00. The highest BCUT2D eigenvalue weighted by atomic mass is 19.1. The largest absolute Gasteiger partial charge is 0.338 e. The van der Waals surface area contributed by atoms with Crippen molar-refractivity contribution >= 4 is 11.6 Å². The number of nitrogens with one attached hydrogen (secondary N) is 1. The maximum absolute atomic E-state index is 12.9. The van der Waals surface area contributed by atoms with Gasteiger partial charge in [-0.05, 0) is 19.1 Å². The number of carbonyl (C=O) groups excluding carboxylic acids is 1. The van der Waals surface area contributed by atoms with Crippen LogP contribution in [-0.2, 0) is 0 Å². The van der Waals surface area contributed by atoms with Crippen LogP contribution in [0.2, 0.25) is 0 Å². The lowest BCUT2D eigenvalue weighted by Crippen LogP contribution is -2.31. The summed E-state index contributed by atoms with van der Waals surface area (Å²) in [6.45, 7) is 1.53. The van der Waals surface area contributed by atoms with Crippen LogP contribution in [0, 0.1) is 28.3 Å². The molecule has 1 amide bonds. The highest BCUT2D eigenvalue weighted by Gasteiger charge is 2.21. The maximum atomic E-state index is 12.9. The molecular weight excluding hydrogens is 227 g/mol. The van der Waals surface area contributed by atoms with Crippen LogP contribution in [0.3, 0.4) is 0 Å². The van der Waals surface area contributed by atoms with Crippen molar-refractivity contribution < 1.29 is 14.1 Å². The van der Waals surface area contributed by atoms with Crippen LogP contribution in [0.1, 0.15) is 17.3 Å². The number of hydrogen-bond acceptors (Lipinski definition) is 3. The predicted octanol–water partition coefficient (Wildman–Crippen LogP) is 1.49. The molecular formula is C11H9FN2O3. The summed E-state index contributed by atoms with van der Waals surface area (Å²) in [4.78, 5) is 21.5. The van der Waals surface area contributed by atoms with Gasteiger partial charge >= 0.3 is 0 Å². The molecule has 1 atom stereocenters. The molecule has 1 rings (SSSR count). The Morgan fingerprint density at radius 2 is 2.29 bits per heavy atom. The summed E-state index contributed by atoms with van der Waals surface area (Å²) in [7, 11) is 0. The van der Waals surface area contributed by atoms with Gasteiger partial charge in [-0.3, -0.25) is 14.9 Å². The minimum Gasteiger partial charge on any atom is -0.338 e. The Kier molecular flexibility index (Phi) is 3.78. The van der Waals surface area contributed by atoms with Gasteiger partial charge in [0.15, 0.2) is 0 Å². The molecule has 0 heterocycles. The number of nitrogens with zero attached hydrogens (tertiary/aromatic N) is 1. The molecule has 0 bridgehead atoms. The van der Waals surface area contributed by atoms with Crippen LogP contribution in [-0.4, -0.2) is 16.9 Å². The molecule has 1 N–H and O–H groups in total. The van der Waals surface area contributed by atoms with Crippen molar-refractivity contribution in [2.75, 3.05) is 0 Å². The second-order valence-electron chi connectivity index (χ2n) is 3.28. The number of amides is 1. The molecule has 88 valence electrons. The first-order valence-corrected chi connectivity index (χ1v) is 4.66. The van der Waals surface area contributed by atoms with E-state index in [2.05, 4.69) is 11.2 Å². The topological polar surface area (TPSA) is 72.2 Å². The average molecular weight is 236 g/mol. The van der Waals surface area contributed by atoms with Crippen molar-refractivity contribution in [3.8, 4) is 12.3 Å². The number of halogens is 1. The number of rotatable bonds is 3. The molecule has 0 radical (unpaired) electrons. The first kappa shape index (κ1) is 12.6. The van der Waals surface area contributed by atoms with E-state index in [4.69, 9.17) is 6.42 Å². The minimum absolute atomic E-state index is 0.350. The predicted molar refractivity (Wildman–Crippen MR) is 58.8 cm³/mol. The molecule has 0 aliphatic rings. The van der Waals surface area contributed by atoms with Crippen LogP contribution in [0.4, 0.5) is 10.1 Å². The Hall–Kier alpha value is -2.42. The standard InChI is InChI=1S/C11H9FN2O3/c1-3-7(2)13-11(15)9-6-8(12)4-5-10(9)14(16)17/h1,4-7H,2H3,(H,13,15). The molecule has 1 unspecified atom stereocenters. The highest BCUT2D eigenvalue weighted by molar-refractivity contribution is 5.98. The van der Waals surface area contributed by atoms with Gasteiger partial charge in [0.2, 0.25) is 0 Å². The molecule has 0 saturated carbocycles. The van der Waals surface area contributed by atoms with Gasteiger partial charge in [-0.25, -0.2) is 4.39 Å². The van der Waals surface area contributed by atoms with Crippen LogP contribution in [0.25, 0.3) is 0 Å². The third-order valence-electron chi connectivity index (χ3n) is 2.00. The number of carbonyl (C=O) groups is 1. The van der Waals surface area contributed by atoms with Crippen LogP contribution in [0.15, 0.2) is 18.2 Å². The van der Waals surface area contributed by atoms with Crippen LogP contribution >= 0.6 is 0 Å². The fourth-order valence-electron chi connectivity index (χ4n) is 1.17. The summed E-state index contributed by atoms with van der Waals surface area (Å²) in [5.74, 6) is 0.729. The molecule has 0 fully saturated rings. The zero-order chi connectivity index (χ0) is 13.0. The van der Waals surface area contributed by atoms with E-state index in [1.165, 1.54) is 6.92 Å². The summed E-state index contributed by atoms with van der Waals surface area (Å²) < 4.78 is 12.9. The van der Waals surface area contributed by atoms with E-state index in [-0.39, 0.29) is 5.56 Å². The van der Waals surface area contributed by atoms with Gasteiger partial charge in [-0.1, -0.05) is 5.92 Å². The van der Waals surface area contributed by atoms with Gasteiger partial charge in [-0.15, -0.1) is 6.42 Å². The van der Waals surface area contributed by atoms with Gasteiger partial charge < -0.3 is 5.32 Å². The summed E-state index contributed by atoms with van der Waals surface area (Å²) in [5.41, 5.74) is -0.815. The summed E-state index contributed by atoms with van der Waals surface area (Å²) in [6, 6.07) is 2.06. The molecule has 0 aliphatic carbocycles. The summed E-state index contributed by atoms with van der Waals surface area (Å²) >= 11 is 0. The quantitative estimate of drug-likeness (QED) is 0.491. The summed E-state index contributed by atoms with van der Waals surface area (Å²) in [5, 5.41) is 13.0. The number of terminal acetylenes is 1. The molecule has 6 heteroatoms. The lowest BCUT2D eigenvalue weighted by Gasteiger charge is -2.07. The SMILES string of the molecule is C#CC(C)NC(=O)c1cc(F)ccc1[N+](=O)[O-]. The lowest BCUT2D eigenvalue weighted by atomic mass is 10.1. The van der Waals surface area contributed by atoms with E-state index in [1.54, 1.807) is 0 Å². The Bertz CT molecular complexity index is 508. The molecule has 0 saturated heterocycles. The van der Waals surface area contributed by atoms with E-state index < -0.39 is 28.4 Å². The van der Waals surface area contributed by atoms with Crippen molar-refractivity contribution in [2.24, 2.45) is 0 Å². The molecule has 0 aliphatic heterocycles. The van der Waals surface area contributed by atoms with E-state index in [0.29, 0.717) is 0 Å². The maximum Gasteiger partial charge on any atom is 0.282 e. The van der Waals surface area contributed by atoms with Gasteiger partial charge in [-0.2, -0.15) is 0 Å². The molecule has 5 nitrogen and oxygen atoms in total. The average Bonchev–Trinajstić information content (AvgIpc) is 2.28. The van der Waals surface area contributed by atoms with Gasteiger partial charge in [0.1, 0.15) is 11.4 Å². The first-order chi connectivity index (χ1) is 7.95. The zero-order valence-corrected chi connectivity index (χ0v) is 8.94. The van der Waals surface area contributed by atoms with Gasteiger partial charge in [0.25, 0.3) is 11.6 Å². The highest BCUT2D eigenvalue weighted by Crippen LogP contribution is 2.19. The van der Waals surface area contributed by atoms with Crippen molar-refractivity contribution in [1.29, 1.82) is 0 Å². The minimum atomic E-state index is -0.776. The smallest absolute Gasteiger partial charge is 0.282 e. The van der Waals surface area contributed by atoms with E-state index in [0.717, 1.165) is 18.2 Å². The lowest BCUT2D eigenvalue weighted by molar-refractivity contribution is -0.385. The molecule has 0 spiro atoms. The van der Waals surface area contributed by atoms with E-state index in [9.17, 15) is 19.3 Å². The molecule has 1 aromatic rings. The molecule has 1 aromatic carbocycles. The van der Waals surface area contributed by atoms with Crippen molar-refractivity contribution in [3.63, 3.8) is 0 Å². The normalized spacial score (nSPS) is 11.4. The molecule has 17 heavy (non-hydrogen) atoms. The van der Waals surface area contributed by atoms with E-state index in [1.807, 2.05) is 0 Å². The fraction of sp³-hybridized carbons (Fsp3) is 0.182. The Balaban J connectivity index is 3.12. The Labute approximate surface area is 96.8 Å². The van der Waals surface area contributed by atoms with E-state index >= 15 is 0 Å². The third kappa shape index (κ3) is 3.01. The number of nitro groups is 1. The molecule has 0 aromatic heterocycles. The second-order valence-corrected chi connectivity index (χ2v) is 3.28. The van der Waals surface area contributed by atoms with Crippen LogP contribution < -0.4 is 5.32 Å². The van der Waals surface area contributed by atoms with Crippen molar-refractivity contribution in [2.45, 2.75) is 13.0 Å². The number of benzene rings is 1. The fourth-order valence-corrected chi connectivity index (χ4v) is 1.17. The first-order valence-electron chi connectivity index (χ1n) is 4.66. The van der Waals surface area contributed by atoms with Crippen molar-refractivity contribution in [1.82, 2.24) is 5.32 Å². The Morgan fingerprint density at radius 3 is 2.82 bits per heavy atom. The monoisotopic (exact) mass is 236 g/mol. The summed E-state index contributed by atoms with van der Waals surface area (Å²) in [6.07, 6.45) is 5.05. The number of nitro benzene ring substituents is 1. The number of hydrogen-bond donors (Lipinski definition) is 1. The zero-order valence-electron chi connectivity index (χ0n) is 8.94. The Morgan fingerprint density at radius 1 is 1.65 bits per heavy atom. The van der Waals surface area contributed by atoms with Gasteiger partial charge in [0.05, 0.1) is 11.0 Å². The second kappa shape index (κ2) is 5.07. The van der Waals surface area contributed by atoms with Crippen molar-refractivity contribution in [3.05, 3.63) is 39.7 Å².